The largest absolute Gasteiger partial charge is 1.00 e. The fourth-order valence-electron chi connectivity index (χ4n) is 0.663. The van der Waals surface area contributed by atoms with Crippen molar-refractivity contribution >= 4 is 44.7 Å². The molecule has 1 aromatic heterocycles. The molecule has 68 valence electrons. The van der Waals surface area contributed by atoms with Gasteiger partial charge in [-0.25, -0.2) is 8.42 Å². The van der Waals surface area contributed by atoms with Crippen LogP contribution in [0.1, 0.15) is 5.56 Å². The predicted molar refractivity (Wildman–Crippen MR) is 47.7 cm³/mol. The zero-order valence-corrected chi connectivity index (χ0v) is 11.7. The molecule has 0 radical (unpaired) electrons. The first-order valence-electron chi connectivity index (χ1n) is 2.76. The maximum absolute atomic E-state index is 10.3. The van der Waals surface area contributed by atoms with Gasteiger partial charge in [-0.1, -0.05) is 23.2 Å². The molecule has 0 N–H and O–H groups in total. The molecule has 0 saturated carbocycles. The molecule has 1 aromatic rings. The van der Waals surface area contributed by atoms with Crippen LogP contribution in [0, 0.1) is 0 Å². The molecule has 0 aromatic carbocycles. The molecule has 0 amide bonds. The van der Waals surface area contributed by atoms with Crippen molar-refractivity contribution in [3.05, 3.63) is 20.3 Å². The van der Waals surface area contributed by atoms with Gasteiger partial charge < -0.3 is 4.55 Å². The molecule has 0 bridgehead atoms. The van der Waals surface area contributed by atoms with E-state index in [0.29, 0.717) is 4.34 Å². The first-order chi connectivity index (χ1) is 5.38. The molecule has 1 heterocycles. The Morgan fingerprint density at radius 3 is 2.31 bits per heavy atom. The Morgan fingerprint density at radius 1 is 1.46 bits per heavy atom. The quantitative estimate of drug-likeness (QED) is 0.516. The van der Waals surface area contributed by atoms with E-state index in [1.54, 1.807) is 0 Å². The average molecular weight is 269 g/mol. The number of rotatable bonds is 2. The monoisotopic (exact) mass is 268 g/mol. The summed E-state index contributed by atoms with van der Waals surface area (Å²) in [5, 5.41) is 0. The van der Waals surface area contributed by atoms with E-state index in [2.05, 4.69) is 0 Å². The summed E-state index contributed by atoms with van der Waals surface area (Å²) in [5.74, 6) is -0.602. The Bertz CT molecular complexity index is 386. The molecular formula is C5H3Cl2NaO3S2. The third kappa shape index (κ3) is 4.99. The van der Waals surface area contributed by atoms with E-state index in [1.807, 2.05) is 0 Å². The summed E-state index contributed by atoms with van der Waals surface area (Å²) in [5.41, 5.74) is 0.265. The molecule has 0 atom stereocenters. The van der Waals surface area contributed by atoms with Gasteiger partial charge in [0.15, 0.2) is 0 Å². The smallest absolute Gasteiger partial charge is 0.748 e. The molecule has 0 aliphatic heterocycles. The SMILES string of the molecule is O=S(=O)([O-])Cc1cc(Cl)sc1Cl.[Na+]. The van der Waals surface area contributed by atoms with Crippen LogP contribution in [-0.2, 0) is 15.9 Å². The maximum atomic E-state index is 10.3. The average Bonchev–Trinajstić information content (AvgIpc) is 2.06. The van der Waals surface area contributed by atoms with Crippen LogP contribution in [0.2, 0.25) is 8.67 Å². The second-order valence-electron chi connectivity index (χ2n) is 2.05. The van der Waals surface area contributed by atoms with Crippen molar-refractivity contribution < 1.29 is 42.5 Å². The molecule has 0 aliphatic carbocycles. The van der Waals surface area contributed by atoms with Crippen LogP contribution in [-0.4, -0.2) is 13.0 Å². The second-order valence-corrected chi connectivity index (χ2v) is 5.74. The Balaban J connectivity index is 0.00000144. The van der Waals surface area contributed by atoms with Crippen LogP contribution in [0.5, 0.6) is 0 Å². The first-order valence-corrected chi connectivity index (χ1v) is 5.91. The van der Waals surface area contributed by atoms with Crippen molar-refractivity contribution in [2.24, 2.45) is 0 Å². The molecule has 8 heteroatoms. The summed E-state index contributed by atoms with van der Waals surface area (Å²) in [4.78, 5) is 0. The van der Waals surface area contributed by atoms with Crippen molar-refractivity contribution in [1.29, 1.82) is 0 Å². The molecule has 3 nitrogen and oxygen atoms in total. The van der Waals surface area contributed by atoms with Gasteiger partial charge in [-0.05, 0) is 11.6 Å². The fraction of sp³-hybridized carbons (Fsp3) is 0.200. The topological polar surface area (TPSA) is 57.2 Å². The fourth-order valence-corrected chi connectivity index (χ4v) is 2.93. The molecule has 0 aliphatic rings. The Kier molecular flexibility index (Phi) is 5.81. The van der Waals surface area contributed by atoms with E-state index < -0.39 is 15.9 Å². The van der Waals surface area contributed by atoms with Crippen LogP contribution in [0.15, 0.2) is 6.07 Å². The van der Waals surface area contributed by atoms with E-state index in [4.69, 9.17) is 23.2 Å². The van der Waals surface area contributed by atoms with Crippen molar-refractivity contribution in [2.75, 3.05) is 0 Å². The van der Waals surface area contributed by atoms with Crippen LogP contribution in [0.3, 0.4) is 0 Å². The summed E-state index contributed by atoms with van der Waals surface area (Å²) in [6.07, 6.45) is 0. The van der Waals surface area contributed by atoms with Crippen LogP contribution >= 0.6 is 34.5 Å². The first kappa shape index (κ1) is 14.2. The van der Waals surface area contributed by atoms with Crippen LogP contribution in [0.25, 0.3) is 0 Å². The normalized spacial score (nSPS) is 11.0. The summed E-state index contributed by atoms with van der Waals surface area (Å²) in [6.45, 7) is 0. The molecular weight excluding hydrogens is 266 g/mol. The van der Waals surface area contributed by atoms with E-state index in [1.165, 1.54) is 6.07 Å². The van der Waals surface area contributed by atoms with Crippen molar-refractivity contribution in [1.82, 2.24) is 0 Å². The van der Waals surface area contributed by atoms with Gasteiger partial charge in [0, 0.05) is 0 Å². The molecule has 0 unspecified atom stereocenters. The Hall–Kier alpha value is 1.19. The maximum Gasteiger partial charge on any atom is 1.00 e. The molecule has 0 spiro atoms. The molecule has 13 heavy (non-hydrogen) atoms. The van der Waals surface area contributed by atoms with Gasteiger partial charge >= 0.3 is 29.6 Å². The van der Waals surface area contributed by atoms with Crippen molar-refractivity contribution in [3.63, 3.8) is 0 Å². The number of thiophene rings is 1. The second kappa shape index (κ2) is 5.32. The standard InChI is InChI=1S/C5H4Cl2O3S2.Na/c6-4-1-3(5(7)11-4)2-12(8,9)10;/h1H,2H2,(H,8,9,10);/q;+1/p-1. The van der Waals surface area contributed by atoms with Gasteiger partial charge in [-0.2, -0.15) is 0 Å². The minimum atomic E-state index is -4.27. The summed E-state index contributed by atoms with van der Waals surface area (Å²) in [7, 11) is -4.27. The third-order valence-corrected chi connectivity index (χ3v) is 3.29. The van der Waals surface area contributed by atoms with Crippen LogP contribution in [0.4, 0.5) is 0 Å². The summed E-state index contributed by atoms with van der Waals surface area (Å²) < 4.78 is 31.6. The van der Waals surface area contributed by atoms with E-state index in [9.17, 15) is 13.0 Å². The van der Waals surface area contributed by atoms with Gasteiger partial charge in [-0.15, -0.1) is 11.3 Å². The Morgan fingerprint density at radius 2 is 2.00 bits per heavy atom. The van der Waals surface area contributed by atoms with Gasteiger partial charge in [0.2, 0.25) is 0 Å². The van der Waals surface area contributed by atoms with Gasteiger partial charge in [0.25, 0.3) is 0 Å². The molecule has 0 saturated heterocycles. The summed E-state index contributed by atoms with van der Waals surface area (Å²) in [6, 6.07) is 1.38. The zero-order chi connectivity index (χ0) is 9.35. The Labute approximate surface area is 112 Å². The minimum absolute atomic E-state index is 0. The van der Waals surface area contributed by atoms with Crippen molar-refractivity contribution in [2.45, 2.75) is 5.75 Å². The van der Waals surface area contributed by atoms with Crippen LogP contribution < -0.4 is 29.6 Å². The zero-order valence-electron chi connectivity index (χ0n) is 6.58. The minimum Gasteiger partial charge on any atom is -0.748 e. The van der Waals surface area contributed by atoms with Crippen molar-refractivity contribution in [3.8, 4) is 0 Å². The third-order valence-electron chi connectivity index (χ3n) is 1.06. The van der Waals surface area contributed by atoms with Gasteiger partial charge in [-0.3, -0.25) is 0 Å². The number of hydrogen-bond donors (Lipinski definition) is 0. The molecule has 1 rings (SSSR count). The van der Waals surface area contributed by atoms with E-state index in [0.717, 1.165) is 11.3 Å². The predicted octanol–water partition coefficient (Wildman–Crippen LogP) is -0.896. The van der Waals surface area contributed by atoms with E-state index in [-0.39, 0.29) is 39.5 Å². The van der Waals surface area contributed by atoms with E-state index >= 15 is 0 Å². The molecule has 0 fully saturated rings. The van der Waals surface area contributed by atoms with Gasteiger partial charge in [0.1, 0.15) is 0 Å². The van der Waals surface area contributed by atoms with Gasteiger partial charge in [0.05, 0.1) is 24.5 Å². The number of hydrogen-bond acceptors (Lipinski definition) is 4. The number of halogens is 2. The summed E-state index contributed by atoms with van der Waals surface area (Å²) >= 11 is 12.2.